The summed E-state index contributed by atoms with van der Waals surface area (Å²) in [6, 6.07) is -1.51. The number of nitrogens with one attached hydrogen (secondary N) is 6. The summed E-state index contributed by atoms with van der Waals surface area (Å²) in [6.07, 6.45) is 10.4. The van der Waals surface area contributed by atoms with Crippen molar-refractivity contribution >= 4 is 63.1 Å². The van der Waals surface area contributed by atoms with Crippen LogP contribution in [0.15, 0.2) is 0 Å². The predicted molar refractivity (Wildman–Crippen MR) is 213 cm³/mol. The fraction of sp³-hybridized carbons (Fsp3) is 0.816. The summed E-state index contributed by atoms with van der Waals surface area (Å²) >= 11 is 1.65. The number of carbonyl (C=O) groups excluding carboxylic acids is 7. The molecular formula is C38H60N8O10S2. The van der Waals surface area contributed by atoms with Crippen molar-refractivity contribution in [2.45, 2.75) is 120 Å². The number of likely N-dealkylation sites (tertiary alicyclic amines) is 1. The Morgan fingerprint density at radius 2 is 1.72 bits per heavy atom. The van der Waals surface area contributed by atoms with Gasteiger partial charge in [-0.25, -0.2) is 12.7 Å². The van der Waals surface area contributed by atoms with Crippen LogP contribution in [-0.4, -0.2) is 140 Å². The highest BCUT2D eigenvalue weighted by atomic mass is 32.2. The first-order chi connectivity index (χ1) is 27.8. The third-order valence-electron chi connectivity index (χ3n) is 12.5. The molecule has 6 rings (SSSR count). The summed E-state index contributed by atoms with van der Waals surface area (Å²) in [5, 5.41) is 17.9. The second kappa shape index (κ2) is 20.4. The fourth-order valence-electron chi connectivity index (χ4n) is 9.24. The van der Waals surface area contributed by atoms with Crippen LogP contribution in [0.4, 0.5) is 0 Å². The molecule has 0 aromatic heterocycles. The van der Waals surface area contributed by atoms with Gasteiger partial charge >= 0.3 is 0 Å². The highest BCUT2D eigenvalue weighted by Crippen LogP contribution is 2.40. The number of amides is 7. The highest BCUT2D eigenvalue weighted by Gasteiger charge is 2.54. The molecule has 324 valence electrons. The number of imide groups is 2. The van der Waals surface area contributed by atoms with E-state index in [4.69, 9.17) is 4.74 Å². The van der Waals surface area contributed by atoms with Gasteiger partial charge in [0.15, 0.2) is 0 Å². The van der Waals surface area contributed by atoms with Crippen molar-refractivity contribution in [1.29, 1.82) is 0 Å². The van der Waals surface area contributed by atoms with Crippen LogP contribution in [0.5, 0.6) is 0 Å². The van der Waals surface area contributed by atoms with Gasteiger partial charge in [0.1, 0.15) is 17.6 Å². The lowest BCUT2D eigenvalue weighted by Gasteiger charge is -2.29. The summed E-state index contributed by atoms with van der Waals surface area (Å²) < 4.78 is 31.1. The van der Waals surface area contributed by atoms with Gasteiger partial charge < -0.3 is 26.0 Å². The van der Waals surface area contributed by atoms with Gasteiger partial charge in [-0.05, 0) is 63.7 Å². The molecule has 6 fully saturated rings. The number of sulfonamides is 1. The van der Waals surface area contributed by atoms with Gasteiger partial charge in [-0.3, -0.25) is 49.1 Å². The van der Waals surface area contributed by atoms with E-state index >= 15 is 0 Å². The molecule has 0 spiro atoms. The number of hydrogen-bond acceptors (Lipinski definition) is 13. The average Bonchev–Trinajstić information content (AvgIpc) is 3.94. The number of fused-ring (bicyclic) bond motifs is 1. The van der Waals surface area contributed by atoms with Crippen molar-refractivity contribution in [2.24, 2.45) is 23.7 Å². The van der Waals surface area contributed by atoms with E-state index in [0.29, 0.717) is 57.2 Å². The van der Waals surface area contributed by atoms with Gasteiger partial charge in [0, 0.05) is 70.1 Å². The number of carbonyl (C=O) groups is 7. The average molecular weight is 853 g/mol. The molecule has 58 heavy (non-hydrogen) atoms. The van der Waals surface area contributed by atoms with Crippen molar-refractivity contribution in [3.8, 4) is 0 Å². The lowest BCUT2D eigenvalue weighted by atomic mass is 9.78. The van der Waals surface area contributed by atoms with Crippen molar-refractivity contribution in [3.63, 3.8) is 0 Å². The minimum absolute atomic E-state index is 0.0207. The molecule has 7 amide bonds. The minimum atomic E-state index is -3.42. The Labute approximate surface area is 344 Å². The lowest BCUT2D eigenvalue weighted by Crippen LogP contribution is -2.54. The molecule has 0 bridgehead atoms. The standard InChI is InChI=1S/C38H60N8O10S2/c1-58(54,55)45-17-13-24(21-45)33(49)41-28(34(50)44-38-42-29(22-57-38)23-6-3-2-4-7-23)14-19-56-18-5-8-31(47)40-16-15-39-25-9-10-26-27(20-25)37(53)46(36(26)52)30-11-12-32(48)43-35(30)51/h23-30,38-39,42H,2-22H2,1H3,(H,40,47)(H,41,49)(H,44,50)(H,43,48,51)/t24?,25?,26?,27?,28-,29?,30?,38?/m0/s1. The number of rotatable bonds is 18. The molecule has 0 aromatic carbocycles. The van der Waals surface area contributed by atoms with Gasteiger partial charge in [-0.1, -0.05) is 19.3 Å². The Morgan fingerprint density at radius 1 is 0.948 bits per heavy atom. The summed E-state index contributed by atoms with van der Waals surface area (Å²) in [5.41, 5.74) is -0.268. The molecule has 18 nitrogen and oxygen atoms in total. The Bertz CT molecular complexity index is 1660. The molecule has 0 radical (unpaired) electrons. The minimum Gasteiger partial charge on any atom is -0.381 e. The van der Waals surface area contributed by atoms with E-state index in [1.165, 1.54) is 36.4 Å². The number of hydrogen-bond donors (Lipinski definition) is 6. The van der Waals surface area contributed by atoms with Crippen molar-refractivity contribution in [2.75, 3.05) is 51.4 Å². The van der Waals surface area contributed by atoms with E-state index in [9.17, 15) is 42.0 Å². The van der Waals surface area contributed by atoms with E-state index in [1.807, 2.05) is 0 Å². The van der Waals surface area contributed by atoms with E-state index in [0.717, 1.165) is 16.9 Å². The van der Waals surface area contributed by atoms with Crippen molar-refractivity contribution < 1.29 is 46.7 Å². The Hall–Kier alpha value is -3.17. The van der Waals surface area contributed by atoms with Crippen LogP contribution in [0.1, 0.15) is 89.9 Å². The third kappa shape index (κ3) is 11.6. The van der Waals surface area contributed by atoms with Crippen LogP contribution in [-0.2, 0) is 48.3 Å². The molecule has 20 heteroatoms. The number of thioether (sulfide) groups is 1. The quantitative estimate of drug-likeness (QED) is 0.0739. The number of ether oxygens (including phenoxy) is 1. The van der Waals surface area contributed by atoms with Gasteiger partial charge in [-0.2, -0.15) is 0 Å². The van der Waals surface area contributed by atoms with E-state index in [1.54, 1.807) is 11.8 Å². The zero-order chi connectivity index (χ0) is 41.4. The first-order valence-electron chi connectivity index (χ1n) is 21.0. The molecule has 8 atom stereocenters. The maximum Gasteiger partial charge on any atom is 0.249 e. The number of piperidine rings is 1. The Morgan fingerprint density at radius 3 is 2.47 bits per heavy atom. The molecule has 6 aliphatic rings. The van der Waals surface area contributed by atoms with Crippen LogP contribution in [0.25, 0.3) is 0 Å². The topological polar surface area (TPSA) is 242 Å². The molecule has 2 aliphatic carbocycles. The molecule has 2 saturated carbocycles. The van der Waals surface area contributed by atoms with Gasteiger partial charge in [0.25, 0.3) is 0 Å². The van der Waals surface area contributed by atoms with Gasteiger partial charge in [0.2, 0.25) is 51.4 Å². The molecule has 4 saturated heterocycles. The van der Waals surface area contributed by atoms with Crippen LogP contribution in [0.3, 0.4) is 0 Å². The smallest absolute Gasteiger partial charge is 0.249 e. The highest BCUT2D eigenvalue weighted by molar-refractivity contribution is 8.00. The van der Waals surface area contributed by atoms with Crippen LogP contribution >= 0.6 is 11.8 Å². The lowest BCUT2D eigenvalue weighted by molar-refractivity contribution is -0.151. The fourth-order valence-corrected chi connectivity index (χ4v) is 11.4. The first kappa shape index (κ1) is 44.4. The summed E-state index contributed by atoms with van der Waals surface area (Å²) in [6.45, 7) is 1.62. The summed E-state index contributed by atoms with van der Waals surface area (Å²) in [4.78, 5) is 90.5. The van der Waals surface area contributed by atoms with E-state index in [-0.39, 0.29) is 93.1 Å². The normalized spacial score (nSPS) is 30.2. The maximum atomic E-state index is 13.5. The molecule has 7 unspecified atom stereocenters. The summed E-state index contributed by atoms with van der Waals surface area (Å²) in [5.74, 6) is -2.56. The second-order valence-corrected chi connectivity index (χ2v) is 19.7. The van der Waals surface area contributed by atoms with Gasteiger partial charge in [-0.15, -0.1) is 11.8 Å². The second-order valence-electron chi connectivity index (χ2n) is 16.6. The van der Waals surface area contributed by atoms with Crippen LogP contribution < -0.4 is 31.9 Å². The Kier molecular flexibility index (Phi) is 15.6. The van der Waals surface area contributed by atoms with Crippen molar-refractivity contribution in [1.82, 2.24) is 41.1 Å². The van der Waals surface area contributed by atoms with Crippen molar-refractivity contribution in [3.05, 3.63) is 0 Å². The van der Waals surface area contributed by atoms with Crippen LogP contribution in [0, 0.1) is 23.7 Å². The Balaban J connectivity index is 0.871. The molecular weight excluding hydrogens is 793 g/mol. The molecule has 4 heterocycles. The molecule has 4 aliphatic heterocycles. The SMILES string of the molecule is CS(=O)(=O)N1CCC(C(=O)N[C@@H](CCOCCCC(=O)NCCNC2CCC3C(=O)N(C4CCC(=O)NC4=O)C(=O)C3C2)C(=O)NC2NC(C3CCCCC3)CS2)C1. The maximum absolute atomic E-state index is 13.5. The largest absolute Gasteiger partial charge is 0.381 e. The van der Waals surface area contributed by atoms with E-state index in [2.05, 4.69) is 31.9 Å². The zero-order valence-corrected chi connectivity index (χ0v) is 35.0. The molecule has 6 N–H and O–H groups in total. The predicted octanol–water partition coefficient (Wildman–Crippen LogP) is -0.711. The first-order valence-corrected chi connectivity index (χ1v) is 23.9. The molecule has 0 aromatic rings. The van der Waals surface area contributed by atoms with E-state index < -0.39 is 51.7 Å². The number of nitrogens with zero attached hydrogens (tertiary/aromatic N) is 2. The monoisotopic (exact) mass is 852 g/mol. The summed E-state index contributed by atoms with van der Waals surface area (Å²) in [7, 11) is -3.42. The zero-order valence-electron chi connectivity index (χ0n) is 33.3. The van der Waals surface area contributed by atoms with Gasteiger partial charge in [0.05, 0.1) is 24.0 Å². The van der Waals surface area contributed by atoms with Crippen LogP contribution in [0.2, 0.25) is 0 Å². The third-order valence-corrected chi connectivity index (χ3v) is 14.9.